The van der Waals surface area contributed by atoms with Gasteiger partial charge in [0.15, 0.2) is 5.76 Å². The summed E-state index contributed by atoms with van der Waals surface area (Å²) in [6.07, 6.45) is 1.47. The fourth-order valence-electron chi connectivity index (χ4n) is 1.54. The van der Waals surface area contributed by atoms with Crippen LogP contribution in [0, 0.1) is 0 Å². The molecule has 1 heterocycles. The Morgan fingerprint density at radius 3 is 2.53 bits per heavy atom. The summed E-state index contributed by atoms with van der Waals surface area (Å²) in [4.78, 5) is 0.216. The van der Waals surface area contributed by atoms with Crippen molar-refractivity contribution in [2.45, 2.75) is 18.4 Å². The molecule has 0 amide bonds. The standard InChI is InChI=1S/C12H15N3O3S/c1-2-13-10-3-5-12(6-4-10)19(16,17)15-9-11-7-8-14-18-11/h3-8,13,15H,2,9H2,1H3. The molecule has 1 aromatic heterocycles. The third-order valence-electron chi connectivity index (χ3n) is 2.47. The number of aromatic nitrogens is 1. The fraction of sp³-hybridized carbons (Fsp3) is 0.250. The predicted molar refractivity (Wildman–Crippen MR) is 71.1 cm³/mol. The van der Waals surface area contributed by atoms with Crippen molar-refractivity contribution in [3.8, 4) is 0 Å². The highest BCUT2D eigenvalue weighted by Crippen LogP contribution is 2.14. The molecule has 0 aliphatic carbocycles. The van der Waals surface area contributed by atoms with Crippen molar-refractivity contribution in [1.29, 1.82) is 0 Å². The lowest BCUT2D eigenvalue weighted by Gasteiger charge is -2.07. The summed E-state index contributed by atoms with van der Waals surface area (Å²) >= 11 is 0. The second-order valence-corrected chi connectivity index (χ2v) is 5.62. The molecule has 102 valence electrons. The van der Waals surface area contributed by atoms with Gasteiger partial charge in [0.2, 0.25) is 10.0 Å². The molecule has 0 radical (unpaired) electrons. The Balaban J connectivity index is 2.06. The van der Waals surface area contributed by atoms with Crippen LogP contribution in [-0.2, 0) is 16.6 Å². The molecule has 0 atom stereocenters. The van der Waals surface area contributed by atoms with Crippen molar-refractivity contribution in [3.63, 3.8) is 0 Å². The first-order chi connectivity index (χ1) is 9.12. The van der Waals surface area contributed by atoms with Gasteiger partial charge in [-0.1, -0.05) is 5.16 Å². The summed E-state index contributed by atoms with van der Waals surface area (Å²) in [7, 11) is -3.53. The van der Waals surface area contributed by atoms with Crippen LogP contribution >= 0.6 is 0 Å². The first-order valence-corrected chi connectivity index (χ1v) is 7.33. The zero-order valence-corrected chi connectivity index (χ0v) is 11.3. The number of hydrogen-bond donors (Lipinski definition) is 2. The Labute approximate surface area is 111 Å². The number of hydrogen-bond acceptors (Lipinski definition) is 5. The third kappa shape index (κ3) is 3.55. The van der Waals surface area contributed by atoms with Gasteiger partial charge in [-0.15, -0.1) is 0 Å². The van der Waals surface area contributed by atoms with E-state index in [0.29, 0.717) is 5.76 Å². The van der Waals surface area contributed by atoms with Crippen LogP contribution in [0.2, 0.25) is 0 Å². The van der Waals surface area contributed by atoms with Gasteiger partial charge < -0.3 is 9.84 Å². The molecule has 1 aromatic carbocycles. The van der Waals surface area contributed by atoms with E-state index >= 15 is 0 Å². The molecule has 19 heavy (non-hydrogen) atoms. The van der Waals surface area contributed by atoms with Crippen LogP contribution in [0.15, 0.2) is 45.9 Å². The minimum atomic E-state index is -3.53. The lowest BCUT2D eigenvalue weighted by atomic mass is 10.3. The van der Waals surface area contributed by atoms with E-state index in [-0.39, 0.29) is 11.4 Å². The van der Waals surface area contributed by atoms with Crippen LogP contribution in [0.4, 0.5) is 5.69 Å². The van der Waals surface area contributed by atoms with E-state index in [1.54, 1.807) is 30.3 Å². The average molecular weight is 281 g/mol. The first-order valence-electron chi connectivity index (χ1n) is 5.85. The van der Waals surface area contributed by atoms with Crippen LogP contribution in [0.5, 0.6) is 0 Å². The van der Waals surface area contributed by atoms with E-state index in [9.17, 15) is 8.42 Å². The summed E-state index contributed by atoms with van der Waals surface area (Å²) in [5.41, 5.74) is 0.886. The molecule has 0 aliphatic heterocycles. The Morgan fingerprint density at radius 1 is 1.21 bits per heavy atom. The van der Waals surface area contributed by atoms with Gasteiger partial charge >= 0.3 is 0 Å². The van der Waals surface area contributed by atoms with Crippen LogP contribution in [0.1, 0.15) is 12.7 Å². The lowest BCUT2D eigenvalue weighted by molar-refractivity contribution is 0.380. The second kappa shape index (κ2) is 5.85. The molecule has 7 heteroatoms. The van der Waals surface area contributed by atoms with E-state index in [1.165, 1.54) is 6.20 Å². The smallest absolute Gasteiger partial charge is 0.240 e. The van der Waals surface area contributed by atoms with Crippen molar-refractivity contribution in [2.75, 3.05) is 11.9 Å². The monoisotopic (exact) mass is 281 g/mol. The summed E-state index contributed by atoms with van der Waals surface area (Å²) in [6, 6.07) is 8.18. The quantitative estimate of drug-likeness (QED) is 0.840. The topological polar surface area (TPSA) is 84.2 Å². The molecule has 0 saturated carbocycles. The Bertz CT molecular complexity index is 606. The second-order valence-electron chi connectivity index (χ2n) is 3.86. The maximum atomic E-state index is 12.0. The number of sulfonamides is 1. The van der Waals surface area contributed by atoms with Crippen molar-refractivity contribution in [3.05, 3.63) is 42.3 Å². The van der Waals surface area contributed by atoms with Gasteiger partial charge in [-0.05, 0) is 31.2 Å². The van der Waals surface area contributed by atoms with E-state index in [1.807, 2.05) is 6.92 Å². The van der Waals surface area contributed by atoms with Crippen molar-refractivity contribution < 1.29 is 12.9 Å². The summed E-state index contributed by atoms with van der Waals surface area (Å²) in [6.45, 7) is 2.84. The average Bonchev–Trinajstić information content (AvgIpc) is 2.91. The van der Waals surface area contributed by atoms with E-state index < -0.39 is 10.0 Å². The van der Waals surface area contributed by atoms with Gasteiger partial charge in [0.1, 0.15) is 0 Å². The molecule has 0 aliphatic rings. The Morgan fingerprint density at radius 2 is 1.95 bits per heavy atom. The lowest BCUT2D eigenvalue weighted by Crippen LogP contribution is -2.23. The molecule has 0 unspecified atom stereocenters. The summed E-state index contributed by atoms with van der Waals surface area (Å²) < 4.78 is 31.3. The molecule has 0 saturated heterocycles. The normalized spacial score (nSPS) is 11.4. The largest absolute Gasteiger partial charge is 0.385 e. The fourth-order valence-corrected chi connectivity index (χ4v) is 2.53. The van der Waals surface area contributed by atoms with E-state index in [4.69, 9.17) is 4.52 Å². The van der Waals surface area contributed by atoms with Gasteiger partial charge in [0.05, 0.1) is 17.6 Å². The molecule has 6 nitrogen and oxygen atoms in total. The molecule has 2 N–H and O–H groups in total. The number of benzene rings is 1. The molecular weight excluding hydrogens is 266 g/mol. The van der Waals surface area contributed by atoms with Gasteiger partial charge in [0.25, 0.3) is 0 Å². The predicted octanol–water partition coefficient (Wildman–Crippen LogP) is 1.58. The SMILES string of the molecule is CCNc1ccc(S(=O)(=O)NCc2ccno2)cc1. The van der Waals surface area contributed by atoms with Crippen LogP contribution in [0.3, 0.4) is 0 Å². The number of rotatable bonds is 6. The van der Waals surface area contributed by atoms with Crippen LogP contribution in [0.25, 0.3) is 0 Å². The van der Waals surface area contributed by atoms with Gasteiger partial charge in [0, 0.05) is 18.3 Å². The Kier molecular flexibility index (Phi) is 4.18. The van der Waals surface area contributed by atoms with Gasteiger partial charge in [-0.25, -0.2) is 13.1 Å². The maximum absolute atomic E-state index is 12.0. The number of nitrogens with zero attached hydrogens (tertiary/aromatic N) is 1. The minimum Gasteiger partial charge on any atom is -0.385 e. The van der Waals surface area contributed by atoms with Crippen molar-refractivity contribution in [2.24, 2.45) is 0 Å². The van der Waals surface area contributed by atoms with Gasteiger partial charge in [-0.2, -0.15) is 0 Å². The maximum Gasteiger partial charge on any atom is 0.240 e. The highest BCUT2D eigenvalue weighted by atomic mass is 32.2. The molecule has 2 aromatic rings. The van der Waals surface area contributed by atoms with Gasteiger partial charge in [-0.3, -0.25) is 0 Å². The van der Waals surface area contributed by atoms with Crippen LogP contribution in [-0.4, -0.2) is 20.1 Å². The molecule has 0 spiro atoms. The summed E-state index contributed by atoms with van der Waals surface area (Å²) in [5, 5.41) is 6.61. The zero-order valence-electron chi connectivity index (χ0n) is 10.5. The highest BCUT2D eigenvalue weighted by Gasteiger charge is 2.14. The number of anilines is 1. The summed E-state index contributed by atoms with van der Waals surface area (Å²) in [5.74, 6) is 0.466. The van der Waals surface area contributed by atoms with Crippen LogP contribution < -0.4 is 10.0 Å². The molecule has 0 fully saturated rings. The van der Waals surface area contributed by atoms with Crippen molar-refractivity contribution in [1.82, 2.24) is 9.88 Å². The zero-order chi connectivity index (χ0) is 13.7. The van der Waals surface area contributed by atoms with E-state index in [2.05, 4.69) is 15.2 Å². The minimum absolute atomic E-state index is 0.0806. The van der Waals surface area contributed by atoms with Crippen molar-refractivity contribution >= 4 is 15.7 Å². The number of nitrogens with one attached hydrogen (secondary N) is 2. The third-order valence-corrected chi connectivity index (χ3v) is 3.89. The molecular formula is C12H15N3O3S. The highest BCUT2D eigenvalue weighted by molar-refractivity contribution is 7.89. The Hall–Kier alpha value is -1.86. The van der Waals surface area contributed by atoms with E-state index in [0.717, 1.165) is 12.2 Å². The molecule has 2 rings (SSSR count). The molecule has 0 bridgehead atoms. The first kappa shape index (κ1) is 13.6.